The summed E-state index contributed by atoms with van der Waals surface area (Å²) in [7, 11) is 0. The summed E-state index contributed by atoms with van der Waals surface area (Å²) in [5.41, 5.74) is 4.78. The Morgan fingerprint density at radius 3 is 2.35 bits per heavy atom. The molecule has 1 atom stereocenters. The van der Waals surface area contributed by atoms with Crippen LogP contribution >= 0.6 is 0 Å². The van der Waals surface area contributed by atoms with Gasteiger partial charge in [0.05, 0.1) is 11.6 Å². The highest BCUT2D eigenvalue weighted by atomic mass is 16.1. The minimum atomic E-state index is -0.195. The van der Waals surface area contributed by atoms with Crippen LogP contribution in [0.3, 0.4) is 0 Å². The summed E-state index contributed by atoms with van der Waals surface area (Å²) < 4.78 is 0. The van der Waals surface area contributed by atoms with Gasteiger partial charge in [-0.2, -0.15) is 0 Å². The minimum absolute atomic E-state index is 0.0866. The summed E-state index contributed by atoms with van der Waals surface area (Å²) in [6, 6.07) is 15.8. The maximum atomic E-state index is 12.4. The Morgan fingerprint density at radius 2 is 1.65 bits per heavy atom. The van der Waals surface area contributed by atoms with E-state index in [1.165, 1.54) is 18.0 Å². The Morgan fingerprint density at radius 1 is 0.962 bits per heavy atom. The van der Waals surface area contributed by atoms with E-state index in [-0.39, 0.29) is 11.9 Å². The molecule has 0 aliphatic rings. The van der Waals surface area contributed by atoms with E-state index in [0.29, 0.717) is 11.5 Å². The Labute approximate surface area is 153 Å². The van der Waals surface area contributed by atoms with Crippen molar-refractivity contribution in [1.29, 1.82) is 0 Å². The molecule has 1 heterocycles. The minimum Gasteiger partial charge on any atom is -0.345 e. The van der Waals surface area contributed by atoms with Crippen LogP contribution in [0.1, 0.15) is 40.0 Å². The molecule has 2 N–H and O–H groups in total. The van der Waals surface area contributed by atoms with Crippen LogP contribution in [0.15, 0.2) is 60.9 Å². The fourth-order valence-corrected chi connectivity index (χ4v) is 2.62. The van der Waals surface area contributed by atoms with Crippen LogP contribution in [-0.2, 0) is 0 Å². The molecule has 0 fully saturated rings. The number of nitrogens with one attached hydrogen (secondary N) is 2. The molecule has 1 aromatic heterocycles. The quantitative estimate of drug-likeness (QED) is 0.722. The van der Waals surface area contributed by atoms with Gasteiger partial charge in [-0.05, 0) is 43.5 Å². The number of rotatable bonds is 5. The Hall–Kier alpha value is -3.21. The molecule has 0 saturated heterocycles. The summed E-state index contributed by atoms with van der Waals surface area (Å²) in [5, 5.41) is 6.15. The second-order valence-electron chi connectivity index (χ2n) is 6.27. The van der Waals surface area contributed by atoms with E-state index >= 15 is 0 Å². The van der Waals surface area contributed by atoms with Crippen LogP contribution in [0, 0.1) is 13.8 Å². The lowest BCUT2D eigenvalue weighted by Gasteiger charge is -2.14. The monoisotopic (exact) mass is 346 g/mol. The summed E-state index contributed by atoms with van der Waals surface area (Å²) in [4.78, 5) is 20.9. The molecule has 3 rings (SSSR count). The third kappa shape index (κ3) is 4.06. The van der Waals surface area contributed by atoms with Gasteiger partial charge in [0.2, 0.25) is 5.95 Å². The highest BCUT2D eigenvalue weighted by Crippen LogP contribution is 2.20. The van der Waals surface area contributed by atoms with Gasteiger partial charge >= 0.3 is 0 Å². The predicted octanol–water partition coefficient (Wildman–Crippen LogP) is 4.33. The molecule has 0 aliphatic heterocycles. The first-order chi connectivity index (χ1) is 12.5. The standard InChI is InChI=1S/C21H22N4O/c1-14-8-7-11-19(15(14)2)25-21-22-12-18(13-23-21)20(26)24-16(3)17-9-5-4-6-10-17/h4-13,16H,1-3H3,(H,24,26)(H,22,23,25). The number of carbonyl (C=O) groups excluding carboxylic acids is 1. The van der Waals surface area contributed by atoms with Gasteiger partial charge in [0.1, 0.15) is 0 Å². The maximum Gasteiger partial charge on any atom is 0.254 e. The van der Waals surface area contributed by atoms with E-state index in [9.17, 15) is 4.79 Å². The van der Waals surface area contributed by atoms with E-state index in [4.69, 9.17) is 0 Å². The number of nitrogens with zero attached hydrogens (tertiary/aromatic N) is 2. The summed E-state index contributed by atoms with van der Waals surface area (Å²) in [5.74, 6) is 0.269. The lowest BCUT2D eigenvalue weighted by Crippen LogP contribution is -2.26. The number of aromatic nitrogens is 2. The zero-order chi connectivity index (χ0) is 18.5. The highest BCUT2D eigenvalue weighted by Gasteiger charge is 2.12. The van der Waals surface area contributed by atoms with Crippen molar-refractivity contribution in [3.63, 3.8) is 0 Å². The third-order valence-electron chi connectivity index (χ3n) is 4.41. The van der Waals surface area contributed by atoms with Gasteiger partial charge in [-0.3, -0.25) is 4.79 Å². The van der Waals surface area contributed by atoms with Crippen LogP contribution in [0.25, 0.3) is 0 Å². The molecule has 5 nitrogen and oxygen atoms in total. The largest absolute Gasteiger partial charge is 0.345 e. The SMILES string of the molecule is Cc1cccc(Nc2ncc(C(=O)NC(C)c3ccccc3)cn2)c1C. The van der Waals surface area contributed by atoms with Crippen molar-refractivity contribution in [2.24, 2.45) is 0 Å². The van der Waals surface area contributed by atoms with Gasteiger partial charge in [-0.15, -0.1) is 0 Å². The fourth-order valence-electron chi connectivity index (χ4n) is 2.62. The average Bonchev–Trinajstić information content (AvgIpc) is 2.66. The van der Waals surface area contributed by atoms with Crippen molar-refractivity contribution in [3.8, 4) is 0 Å². The topological polar surface area (TPSA) is 66.9 Å². The maximum absolute atomic E-state index is 12.4. The van der Waals surface area contributed by atoms with Crippen LogP contribution in [0.2, 0.25) is 0 Å². The second kappa shape index (κ2) is 7.78. The molecular weight excluding hydrogens is 324 g/mol. The number of amides is 1. The van der Waals surface area contributed by atoms with E-state index in [1.807, 2.05) is 56.3 Å². The second-order valence-corrected chi connectivity index (χ2v) is 6.27. The molecule has 1 unspecified atom stereocenters. The molecule has 3 aromatic rings. The molecule has 0 radical (unpaired) electrons. The summed E-state index contributed by atoms with van der Waals surface area (Å²) in [6.07, 6.45) is 3.07. The molecule has 26 heavy (non-hydrogen) atoms. The van der Waals surface area contributed by atoms with Crippen LogP contribution in [-0.4, -0.2) is 15.9 Å². The normalized spacial score (nSPS) is 11.7. The van der Waals surface area contributed by atoms with Gasteiger partial charge in [0.15, 0.2) is 0 Å². The summed E-state index contributed by atoms with van der Waals surface area (Å²) >= 11 is 0. The number of benzene rings is 2. The number of hydrogen-bond acceptors (Lipinski definition) is 4. The molecule has 1 amide bonds. The first-order valence-corrected chi connectivity index (χ1v) is 8.55. The Bertz CT molecular complexity index is 892. The van der Waals surface area contributed by atoms with Crippen molar-refractivity contribution in [2.45, 2.75) is 26.8 Å². The summed E-state index contributed by atoms with van der Waals surface area (Å²) in [6.45, 7) is 6.05. The molecule has 0 aliphatic carbocycles. The van der Waals surface area contributed by atoms with Crippen LogP contribution in [0.4, 0.5) is 11.6 Å². The van der Waals surface area contributed by atoms with E-state index in [0.717, 1.165) is 16.8 Å². The first kappa shape index (κ1) is 17.6. The number of carbonyl (C=O) groups is 1. The molecule has 0 bridgehead atoms. The zero-order valence-electron chi connectivity index (χ0n) is 15.2. The number of aryl methyl sites for hydroxylation is 1. The van der Waals surface area contributed by atoms with Gasteiger partial charge in [-0.25, -0.2) is 9.97 Å². The van der Waals surface area contributed by atoms with Gasteiger partial charge in [0.25, 0.3) is 5.91 Å². The van der Waals surface area contributed by atoms with Crippen molar-refractivity contribution >= 4 is 17.5 Å². The third-order valence-corrected chi connectivity index (χ3v) is 4.41. The highest BCUT2D eigenvalue weighted by molar-refractivity contribution is 5.93. The Balaban J connectivity index is 1.67. The fraction of sp³-hybridized carbons (Fsp3) is 0.190. The molecule has 5 heteroatoms. The van der Waals surface area contributed by atoms with E-state index < -0.39 is 0 Å². The lowest BCUT2D eigenvalue weighted by molar-refractivity contribution is 0.0939. The average molecular weight is 346 g/mol. The predicted molar refractivity (Wildman–Crippen MR) is 104 cm³/mol. The molecule has 0 saturated carbocycles. The van der Waals surface area contributed by atoms with Gasteiger partial charge in [0, 0.05) is 18.1 Å². The van der Waals surface area contributed by atoms with Crippen molar-refractivity contribution in [1.82, 2.24) is 15.3 Å². The first-order valence-electron chi connectivity index (χ1n) is 8.55. The van der Waals surface area contributed by atoms with Crippen LogP contribution in [0.5, 0.6) is 0 Å². The van der Waals surface area contributed by atoms with Gasteiger partial charge < -0.3 is 10.6 Å². The van der Waals surface area contributed by atoms with Crippen LogP contribution < -0.4 is 10.6 Å². The van der Waals surface area contributed by atoms with E-state index in [2.05, 4.69) is 33.6 Å². The van der Waals surface area contributed by atoms with Crippen molar-refractivity contribution in [3.05, 3.63) is 83.2 Å². The van der Waals surface area contributed by atoms with Crippen molar-refractivity contribution < 1.29 is 4.79 Å². The molecule has 0 spiro atoms. The number of anilines is 2. The number of hydrogen-bond donors (Lipinski definition) is 2. The smallest absolute Gasteiger partial charge is 0.254 e. The van der Waals surface area contributed by atoms with E-state index in [1.54, 1.807) is 0 Å². The molecule has 2 aromatic carbocycles. The lowest BCUT2D eigenvalue weighted by atomic mass is 10.1. The molecular formula is C21H22N4O. The van der Waals surface area contributed by atoms with Crippen molar-refractivity contribution in [2.75, 3.05) is 5.32 Å². The Kier molecular flexibility index (Phi) is 5.27. The molecule has 132 valence electrons. The zero-order valence-corrected chi connectivity index (χ0v) is 15.2. The van der Waals surface area contributed by atoms with Gasteiger partial charge in [-0.1, -0.05) is 42.5 Å².